The van der Waals surface area contributed by atoms with Crippen LogP contribution < -0.4 is 16.3 Å². The summed E-state index contributed by atoms with van der Waals surface area (Å²) in [5.41, 5.74) is 7.52. The first-order valence-electron chi connectivity index (χ1n) is 12.5. The Morgan fingerprint density at radius 1 is 0.947 bits per heavy atom. The molecule has 0 unspecified atom stereocenters. The Kier molecular flexibility index (Phi) is 9.24. The Balaban J connectivity index is 0.000000236. The number of phenols is 2. The van der Waals surface area contributed by atoms with Crippen molar-refractivity contribution in [2.75, 3.05) is 44.2 Å². The molecule has 202 valence electrons. The number of aromatic hydroxyl groups is 2. The molecule has 2 aromatic carbocycles. The number of halogens is 1. The number of aryl methyl sites for hydroxylation is 1. The maximum atomic E-state index is 12.3. The highest BCUT2D eigenvalue weighted by molar-refractivity contribution is 6.30. The van der Waals surface area contributed by atoms with Crippen molar-refractivity contribution in [3.63, 3.8) is 0 Å². The van der Waals surface area contributed by atoms with Crippen molar-refractivity contribution in [1.29, 1.82) is 0 Å². The molecule has 0 amide bonds. The van der Waals surface area contributed by atoms with Gasteiger partial charge in [0.05, 0.1) is 6.10 Å². The number of nitrogens with two attached hydrogens (primary N) is 1. The Morgan fingerprint density at radius 3 is 2.42 bits per heavy atom. The van der Waals surface area contributed by atoms with Crippen LogP contribution in [0.2, 0.25) is 5.02 Å². The lowest BCUT2D eigenvalue weighted by molar-refractivity contribution is 0.186. The number of aromatic nitrogens is 3. The quantitative estimate of drug-likeness (QED) is 0.263. The summed E-state index contributed by atoms with van der Waals surface area (Å²) in [6.45, 7) is 5.74. The summed E-state index contributed by atoms with van der Waals surface area (Å²) in [6.07, 6.45) is 1.88. The second-order valence-corrected chi connectivity index (χ2v) is 9.53. The van der Waals surface area contributed by atoms with Gasteiger partial charge in [0.1, 0.15) is 0 Å². The van der Waals surface area contributed by atoms with Gasteiger partial charge >= 0.3 is 5.69 Å². The number of hydrogen-bond donors (Lipinski definition) is 4. The topological polar surface area (TPSA) is 132 Å². The van der Waals surface area contributed by atoms with Crippen molar-refractivity contribution in [1.82, 2.24) is 19.1 Å². The fourth-order valence-corrected chi connectivity index (χ4v) is 4.53. The van der Waals surface area contributed by atoms with Gasteiger partial charge in [0.2, 0.25) is 0 Å². The van der Waals surface area contributed by atoms with Gasteiger partial charge in [-0.1, -0.05) is 29.8 Å². The van der Waals surface area contributed by atoms with Crippen LogP contribution >= 0.6 is 11.6 Å². The third-order valence-electron chi connectivity index (χ3n) is 6.49. The normalized spacial score (nSPS) is 14.8. The second-order valence-electron chi connectivity index (χ2n) is 9.10. The molecule has 0 bridgehead atoms. The zero-order chi connectivity index (χ0) is 27.1. The van der Waals surface area contributed by atoms with E-state index in [2.05, 4.69) is 21.0 Å². The first kappa shape index (κ1) is 27.5. The molecule has 1 aliphatic heterocycles. The van der Waals surface area contributed by atoms with Crippen LogP contribution in [0, 0.1) is 0 Å². The average Bonchev–Trinajstić information content (AvgIpc) is 3.26. The molecule has 11 heteroatoms. The number of hydrogen-bond acceptors (Lipinski definition) is 8. The summed E-state index contributed by atoms with van der Waals surface area (Å²) in [5, 5.41) is 32.4. The minimum Gasteiger partial charge on any atom is -0.504 e. The minimum absolute atomic E-state index is 0.0635. The molecule has 1 fully saturated rings. The lowest BCUT2D eigenvalue weighted by atomic mass is 10.1. The van der Waals surface area contributed by atoms with Crippen molar-refractivity contribution in [2.45, 2.75) is 19.1 Å². The molecule has 4 aromatic rings. The maximum Gasteiger partial charge on any atom is 0.350 e. The van der Waals surface area contributed by atoms with Gasteiger partial charge in [-0.25, -0.2) is 9.48 Å². The summed E-state index contributed by atoms with van der Waals surface area (Å²) in [6, 6.07) is 17.7. The molecule has 0 saturated carbocycles. The van der Waals surface area contributed by atoms with Gasteiger partial charge in [-0.15, -0.1) is 5.10 Å². The van der Waals surface area contributed by atoms with Gasteiger partial charge in [0.15, 0.2) is 17.1 Å². The number of benzene rings is 2. The molecule has 0 aliphatic carbocycles. The number of piperazine rings is 1. The van der Waals surface area contributed by atoms with Crippen LogP contribution in [0.1, 0.15) is 18.1 Å². The van der Waals surface area contributed by atoms with Gasteiger partial charge in [-0.2, -0.15) is 0 Å². The van der Waals surface area contributed by atoms with Crippen LogP contribution in [-0.2, 0) is 6.54 Å². The molecule has 10 nitrogen and oxygen atoms in total. The van der Waals surface area contributed by atoms with Crippen LogP contribution in [0.3, 0.4) is 0 Å². The summed E-state index contributed by atoms with van der Waals surface area (Å²) in [7, 11) is 0. The van der Waals surface area contributed by atoms with Crippen LogP contribution in [-0.4, -0.2) is 73.7 Å². The summed E-state index contributed by atoms with van der Waals surface area (Å²) < 4.78 is 3.15. The number of nitrogens with zero attached hydrogens (tertiary/aromatic N) is 5. The van der Waals surface area contributed by atoms with E-state index in [1.54, 1.807) is 15.3 Å². The lowest BCUT2D eigenvalue weighted by Crippen LogP contribution is -2.46. The van der Waals surface area contributed by atoms with Crippen molar-refractivity contribution in [3.05, 3.63) is 87.9 Å². The average molecular weight is 541 g/mol. The first-order chi connectivity index (χ1) is 18.4. The molecule has 3 heterocycles. The van der Waals surface area contributed by atoms with Gasteiger partial charge in [0, 0.05) is 62.7 Å². The smallest absolute Gasteiger partial charge is 0.350 e. The Labute approximate surface area is 225 Å². The highest BCUT2D eigenvalue weighted by atomic mass is 35.5. The molecule has 5 rings (SSSR count). The first-order valence-corrected chi connectivity index (χ1v) is 12.9. The predicted octanol–water partition coefficient (Wildman–Crippen LogP) is 2.45. The number of aliphatic hydroxyl groups excluding tert-OH is 1. The van der Waals surface area contributed by atoms with Crippen LogP contribution in [0.4, 0.5) is 5.69 Å². The number of pyridine rings is 1. The van der Waals surface area contributed by atoms with E-state index in [9.17, 15) is 9.90 Å². The SMILES string of the molecule is NC[C@H](O)c1ccc(O)c(O)c1.O=c1n(CCCN2CCN(c3cccc(Cl)c3)CC2)nc2ccccn12. The molecular formula is C27H33ClN6O4. The number of anilines is 1. The third kappa shape index (κ3) is 6.84. The minimum atomic E-state index is -0.795. The van der Waals surface area contributed by atoms with Gasteiger partial charge in [0.25, 0.3) is 0 Å². The fourth-order valence-electron chi connectivity index (χ4n) is 4.34. The predicted molar refractivity (Wildman–Crippen MR) is 148 cm³/mol. The van der Waals surface area contributed by atoms with E-state index in [0.29, 0.717) is 17.8 Å². The van der Waals surface area contributed by atoms with E-state index in [4.69, 9.17) is 27.5 Å². The van der Waals surface area contributed by atoms with Gasteiger partial charge in [-0.05, 0) is 54.4 Å². The van der Waals surface area contributed by atoms with E-state index in [1.165, 1.54) is 23.9 Å². The largest absolute Gasteiger partial charge is 0.504 e. The van der Waals surface area contributed by atoms with Crippen LogP contribution in [0.15, 0.2) is 71.7 Å². The number of fused-ring (bicyclic) bond motifs is 1. The molecule has 1 aliphatic rings. The van der Waals surface area contributed by atoms with Crippen molar-refractivity contribution in [3.8, 4) is 11.5 Å². The number of phenolic OH excluding ortho intramolecular Hbond substituents is 2. The molecule has 0 radical (unpaired) electrons. The number of rotatable bonds is 7. The van der Waals surface area contributed by atoms with E-state index < -0.39 is 6.10 Å². The Bertz CT molecular complexity index is 1400. The van der Waals surface area contributed by atoms with Gasteiger partial charge in [-0.3, -0.25) is 9.30 Å². The Hall–Kier alpha value is -3.57. The maximum absolute atomic E-state index is 12.3. The zero-order valence-electron chi connectivity index (χ0n) is 21.0. The lowest BCUT2D eigenvalue weighted by Gasteiger charge is -2.36. The van der Waals surface area contributed by atoms with Crippen molar-refractivity contribution in [2.24, 2.45) is 5.73 Å². The molecular weight excluding hydrogens is 508 g/mol. The Morgan fingerprint density at radius 2 is 1.74 bits per heavy atom. The van der Waals surface area contributed by atoms with E-state index in [1.807, 2.05) is 36.4 Å². The zero-order valence-corrected chi connectivity index (χ0v) is 21.8. The summed E-state index contributed by atoms with van der Waals surface area (Å²) in [4.78, 5) is 17.1. The summed E-state index contributed by atoms with van der Waals surface area (Å²) in [5.74, 6) is -0.456. The van der Waals surface area contributed by atoms with E-state index in [-0.39, 0.29) is 23.7 Å². The molecule has 2 aromatic heterocycles. The van der Waals surface area contributed by atoms with E-state index >= 15 is 0 Å². The molecule has 38 heavy (non-hydrogen) atoms. The van der Waals surface area contributed by atoms with Crippen LogP contribution in [0.25, 0.3) is 5.65 Å². The highest BCUT2D eigenvalue weighted by Gasteiger charge is 2.17. The third-order valence-corrected chi connectivity index (χ3v) is 6.72. The van der Waals surface area contributed by atoms with E-state index in [0.717, 1.165) is 44.2 Å². The molecule has 5 N–H and O–H groups in total. The van der Waals surface area contributed by atoms with Crippen molar-refractivity contribution < 1.29 is 15.3 Å². The monoisotopic (exact) mass is 540 g/mol. The number of aliphatic hydroxyl groups is 1. The highest BCUT2D eigenvalue weighted by Crippen LogP contribution is 2.27. The summed E-state index contributed by atoms with van der Waals surface area (Å²) >= 11 is 6.09. The van der Waals surface area contributed by atoms with Gasteiger partial charge < -0.3 is 26.0 Å². The van der Waals surface area contributed by atoms with Crippen LogP contribution in [0.5, 0.6) is 11.5 Å². The molecule has 1 atom stereocenters. The van der Waals surface area contributed by atoms with Crippen molar-refractivity contribution >= 4 is 22.9 Å². The standard InChI is InChI=1S/C19H22ClN5O.C8H11NO3/c20-16-5-3-6-17(15-16)23-13-11-22(12-14-23)8-4-10-25-19(26)24-9-2-1-7-18(24)21-25;9-4-8(12)5-1-2-6(10)7(11)3-5/h1-3,5-7,9,15H,4,8,10-14H2;1-3,8,10-12H,4,9H2/t;8-/m.0/s1. The second kappa shape index (κ2) is 12.8. The molecule has 1 saturated heterocycles. The molecule has 0 spiro atoms. The fraction of sp³-hybridized carbons (Fsp3) is 0.333.